The predicted octanol–water partition coefficient (Wildman–Crippen LogP) is 2.78. The van der Waals surface area contributed by atoms with Crippen molar-refractivity contribution >= 4 is 28.7 Å². The van der Waals surface area contributed by atoms with Gasteiger partial charge in [0.2, 0.25) is 0 Å². The van der Waals surface area contributed by atoms with Gasteiger partial charge < -0.3 is 5.73 Å². The van der Waals surface area contributed by atoms with E-state index in [1.807, 2.05) is 60.7 Å². The summed E-state index contributed by atoms with van der Waals surface area (Å²) in [7, 11) is 0. The van der Waals surface area contributed by atoms with Crippen molar-refractivity contribution < 1.29 is 4.79 Å². The van der Waals surface area contributed by atoms with E-state index < -0.39 is 17.2 Å². The fraction of sp³-hybridized carbons (Fsp3) is 0.130. The van der Waals surface area contributed by atoms with Crippen LogP contribution in [0.1, 0.15) is 25.8 Å². The maximum absolute atomic E-state index is 13.4. The summed E-state index contributed by atoms with van der Waals surface area (Å²) in [6, 6.07) is 18.5. The van der Waals surface area contributed by atoms with Gasteiger partial charge in [0.05, 0.1) is 24.3 Å². The summed E-state index contributed by atoms with van der Waals surface area (Å²) >= 11 is 1.23. The molecule has 0 aliphatic rings. The second-order valence-corrected chi connectivity index (χ2v) is 8.42. The largest absolute Gasteiger partial charge is 0.383 e. The molecule has 0 unspecified atom stereocenters. The number of H-pyrrole nitrogens is 1. The third kappa shape index (κ3) is 4.37. The van der Waals surface area contributed by atoms with E-state index in [4.69, 9.17) is 5.73 Å². The van der Waals surface area contributed by atoms with E-state index in [0.29, 0.717) is 4.88 Å². The van der Waals surface area contributed by atoms with E-state index in [1.165, 1.54) is 27.0 Å². The fourth-order valence-corrected chi connectivity index (χ4v) is 4.10. The van der Waals surface area contributed by atoms with Gasteiger partial charge in [0.25, 0.3) is 11.5 Å². The van der Waals surface area contributed by atoms with Crippen LogP contribution in [0.25, 0.3) is 0 Å². The minimum atomic E-state index is -0.720. The van der Waals surface area contributed by atoms with Gasteiger partial charge in [-0.3, -0.25) is 24.0 Å². The fourth-order valence-electron chi connectivity index (χ4n) is 3.37. The Kier molecular flexibility index (Phi) is 6.00. The molecule has 32 heavy (non-hydrogen) atoms. The number of nitrogens with zero attached hydrogens (tertiary/aromatic N) is 3. The van der Waals surface area contributed by atoms with E-state index in [-0.39, 0.29) is 24.6 Å². The molecule has 9 heteroatoms. The van der Waals surface area contributed by atoms with E-state index in [2.05, 4.69) is 9.97 Å². The number of benzene rings is 2. The Balaban J connectivity index is 1.84. The van der Waals surface area contributed by atoms with Crippen LogP contribution in [-0.4, -0.2) is 20.4 Å². The lowest BCUT2D eigenvalue weighted by atomic mass is 10.2. The van der Waals surface area contributed by atoms with E-state index in [0.717, 1.165) is 16.1 Å². The highest BCUT2D eigenvalue weighted by atomic mass is 32.1. The minimum absolute atomic E-state index is 0.0690. The second-order valence-electron chi connectivity index (χ2n) is 7.19. The zero-order valence-electron chi connectivity index (χ0n) is 17.3. The molecule has 1 amide bonds. The lowest BCUT2D eigenvalue weighted by molar-refractivity contribution is 0.0988. The van der Waals surface area contributed by atoms with Gasteiger partial charge in [0.15, 0.2) is 5.69 Å². The number of aromatic nitrogens is 3. The van der Waals surface area contributed by atoms with E-state index in [9.17, 15) is 14.4 Å². The van der Waals surface area contributed by atoms with Gasteiger partial charge in [-0.2, -0.15) is 0 Å². The van der Waals surface area contributed by atoms with Crippen LogP contribution >= 0.6 is 11.3 Å². The highest BCUT2D eigenvalue weighted by Crippen LogP contribution is 2.24. The Labute approximate surface area is 187 Å². The lowest BCUT2D eigenvalue weighted by Crippen LogP contribution is -2.40. The summed E-state index contributed by atoms with van der Waals surface area (Å²) in [5.41, 5.74) is 6.56. The molecule has 0 saturated carbocycles. The van der Waals surface area contributed by atoms with Crippen molar-refractivity contribution in [2.24, 2.45) is 0 Å². The molecule has 0 spiro atoms. The Morgan fingerprint density at radius 2 is 1.69 bits per heavy atom. The van der Waals surface area contributed by atoms with Crippen molar-refractivity contribution in [1.29, 1.82) is 0 Å². The number of aryl methyl sites for hydroxylation is 1. The zero-order chi connectivity index (χ0) is 22.7. The van der Waals surface area contributed by atoms with E-state index in [1.54, 1.807) is 6.92 Å². The van der Waals surface area contributed by atoms with Crippen molar-refractivity contribution in [3.05, 3.63) is 109 Å². The average Bonchev–Trinajstić information content (AvgIpc) is 3.23. The number of aromatic amines is 1. The summed E-state index contributed by atoms with van der Waals surface area (Å²) in [5, 5.41) is 0.726. The van der Waals surface area contributed by atoms with Crippen molar-refractivity contribution in [1.82, 2.24) is 14.5 Å². The molecule has 0 radical (unpaired) electrons. The molecular weight excluding hydrogens is 426 g/mol. The first-order valence-electron chi connectivity index (χ1n) is 9.89. The van der Waals surface area contributed by atoms with Gasteiger partial charge in [0, 0.05) is 0 Å². The van der Waals surface area contributed by atoms with Crippen LogP contribution in [0.4, 0.5) is 11.5 Å². The minimum Gasteiger partial charge on any atom is -0.383 e. The number of nitrogens with two attached hydrogens (primary N) is 1. The van der Waals surface area contributed by atoms with Crippen LogP contribution in [0, 0.1) is 6.92 Å². The summed E-state index contributed by atoms with van der Waals surface area (Å²) in [6.45, 7) is 2.06. The van der Waals surface area contributed by atoms with Gasteiger partial charge in [0.1, 0.15) is 10.7 Å². The molecule has 0 aliphatic heterocycles. The standard InChI is InChI=1S/C23H21N5O3S/c1-15-25-12-18(32-15)22(30)27(13-16-8-4-2-5-9-16)19-20(24)28(23(31)26-21(19)29)14-17-10-6-3-7-11-17/h2-12H,13-14,24H2,1H3,(H,26,29,31). The third-order valence-corrected chi connectivity index (χ3v) is 5.83. The highest BCUT2D eigenvalue weighted by molar-refractivity contribution is 7.13. The topological polar surface area (TPSA) is 114 Å². The van der Waals surface area contributed by atoms with Crippen molar-refractivity contribution in [3.8, 4) is 0 Å². The number of nitrogen functional groups attached to an aromatic ring is 1. The van der Waals surface area contributed by atoms with Crippen molar-refractivity contribution in [2.45, 2.75) is 20.0 Å². The number of amides is 1. The number of carbonyl (C=O) groups is 1. The normalized spacial score (nSPS) is 10.8. The molecule has 0 aliphatic carbocycles. The number of hydrogen-bond acceptors (Lipinski definition) is 6. The first-order chi connectivity index (χ1) is 15.4. The highest BCUT2D eigenvalue weighted by Gasteiger charge is 2.27. The smallest absolute Gasteiger partial charge is 0.330 e. The van der Waals surface area contributed by atoms with Gasteiger partial charge in [-0.25, -0.2) is 9.78 Å². The number of rotatable bonds is 6. The zero-order valence-corrected chi connectivity index (χ0v) is 18.1. The van der Waals surface area contributed by atoms with Crippen LogP contribution in [0.2, 0.25) is 0 Å². The Hall–Kier alpha value is -3.98. The summed E-state index contributed by atoms with van der Waals surface area (Å²) in [4.78, 5) is 47.0. The Bertz CT molecular complexity index is 1360. The van der Waals surface area contributed by atoms with Gasteiger partial charge >= 0.3 is 5.69 Å². The van der Waals surface area contributed by atoms with Crippen molar-refractivity contribution in [3.63, 3.8) is 0 Å². The van der Waals surface area contributed by atoms with E-state index >= 15 is 0 Å². The number of carbonyl (C=O) groups excluding carboxylic acids is 1. The Morgan fingerprint density at radius 1 is 1.06 bits per heavy atom. The third-order valence-electron chi connectivity index (χ3n) is 4.93. The monoisotopic (exact) mass is 447 g/mol. The number of anilines is 2. The molecule has 2 aromatic heterocycles. The van der Waals surface area contributed by atoms with Gasteiger partial charge in [-0.05, 0) is 18.1 Å². The molecule has 4 aromatic rings. The quantitative estimate of drug-likeness (QED) is 0.472. The van der Waals surface area contributed by atoms with Crippen molar-refractivity contribution in [2.75, 3.05) is 10.6 Å². The van der Waals surface area contributed by atoms with Crippen LogP contribution in [0.3, 0.4) is 0 Å². The maximum atomic E-state index is 13.4. The summed E-state index contributed by atoms with van der Waals surface area (Å²) < 4.78 is 1.26. The predicted molar refractivity (Wildman–Crippen MR) is 125 cm³/mol. The molecule has 3 N–H and O–H groups in total. The number of nitrogens with one attached hydrogen (secondary N) is 1. The van der Waals surface area contributed by atoms with Crippen LogP contribution in [-0.2, 0) is 13.1 Å². The SMILES string of the molecule is Cc1ncc(C(=O)N(Cc2ccccc2)c2c(N)n(Cc3ccccc3)c(=O)[nH]c2=O)s1. The first-order valence-corrected chi connectivity index (χ1v) is 10.7. The lowest BCUT2D eigenvalue weighted by Gasteiger charge is -2.24. The van der Waals surface area contributed by atoms with Gasteiger partial charge in [-0.15, -0.1) is 11.3 Å². The van der Waals surface area contributed by atoms with Gasteiger partial charge in [-0.1, -0.05) is 60.7 Å². The molecule has 0 saturated heterocycles. The number of thiazole rings is 1. The molecule has 0 fully saturated rings. The Morgan fingerprint density at radius 3 is 2.28 bits per heavy atom. The molecule has 8 nitrogen and oxygen atoms in total. The summed E-state index contributed by atoms with van der Waals surface area (Å²) in [5.74, 6) is -0.491. The van der Waals surface area contributed by atoms with Crippen LogP contribution < -0.4 is 21.9 Å². The van der Waals surface area contributed by atoms with Crippen LogP contribution in [0.5, 0.6) is 0 Å². The molecular formula is C23H21N5O3S. The average molecular weight is 448 g/mol. The summed E-state index contributed by atoms with van der Waals surface area (Å²) in [6.07, 6.45) is 1.48. The maximum Gasteiger partial charge on any atom is 0.330 e. The van der Waals surface area contributed by atoms with Crippen LogP contribution in [0.15, 0.2) is 76.4 Å². The molecule has 2 heterocycles. The first kappa shape index (κ1) is 21.3. The molecule has 4 rings (SSSR count). The molecule has 0 bridgehead atoms. The second kappa shape index (κ2) is 9.03. The molecule has 2 aromatic carbocycles. The number of hydrogen-bond donors (Lipinski definition) is 2. The molecule has 0 atom stereocenters. The molecule has 162 valence electrons.